The maximum Gasteiger partial charge on any atom is 0.262 e. The van der Waals surface area contributed by atoms with Gasteiger partial charge in [0.05, 0.1) is 10.6 Å². The summed E-state index contributed by atoms with van der Waals surface area (Å²) in [6.45, 7) is 2.99. The molecule has 1 saturated heterocycles. The summed E-state index contributed by atoms with van der Waals surface area (Å²) in [6, 6.07) is 3.11. The summed E-state index contributed by atoms with van der Waals surface area (Å²) in [6.07, 6.45) is 4.10. The van der Waals surface area contributed by atoms with Crippen LogP contribution < -0.4 is 10.1 Å². The predicted molar refractivity (Wildman–Crippen MR) is 103 cm³/mol. The lowest BCUT2D eigenvalue weighted by Crippen LogP contribution is -2.51. The van der Waals surface area contributed by atoms with E-state index in [1.54, 1.807) is 17.9 Å². The van der Waals surface area contributed by atoms with E-state index >= 15 is 0 Å². The minimum absolute atomic E-state index is 0.110. The zero-order valence-electron chi connectivity index (χ0n) is 15.9. The molecule has 152 valence electrons. The number of rotatable bonds is 3. The number of hydrogen-bond donors (Lipinski definition) is 1. The number of piperazine rings is 1. The van der Waals surface area contributed by atoms with Crippen LogP contribution in [0.4, 0.5) is 5.69 Å². The Labute approximate surface area is 164 Å². The van der Waals surface area contributed by atoms with Crippen LogP contribution in [0.5, 0.6) is 5.75 Å². The number of carbonyl (C=O) groups is 2. The quantitative estimate of drug-likeness (QED) is 0.816. The van der Waals surface area contributed by atoms with E-state index in [1.807, 2.05) is 0 Å². The van der Waals surface area contributed by atoms with Crippen LogP contribution in [0.15, 0.2) is 17.0 Å². The molecule has 0 bridgehead atoms. The molecular formula is C19H25N3O5S. The lowest BCUT2D eigenvalue weighted by atomic mass is 10.1. The second-order valence-corrected chi connectivity index (χ2v) is 9.57. The third kappa shape index (κ3) is 3.48. The average molecular weight is 407 g/mol. The average Bonchev–Trinajstić information content (AvgIpc) is 3.21. The van der Waals surface area contributed by atoms with E-state index in [4.69, 9.17) is 4.74 Å². The Morgan fingerprint density at radius 3 is 2.50 bits per heavy atom. The smallest absolute Gasteiger partial charge is 0.262 e. The fraction of sp³-hybridized carbons (Fsp3) is 0.579. The maximum atomic E-state index is 13.2. The van der Waals surface area contributed by atoms with Crippen LogP contribution in [0.25, 0.3) is 0 Å². The van der Waals surface area contributed by atoms with Crippen LogP contribution in [0.3, 0.4) is 0 Å². The lowest BCUT2D eigenvalue weighted by Gasteiger charge is -2.35. The Morgan fingerprint density at radius 1 is 1.14 bits per heavy atom. The number of hydrogen-bond acceptors (Lipinski definition) is 5. The van der Waals surface area contributed by atoms with Crippen LogP contribution in [-0.2, 0) is 19.6 Å². The SMILES string of the molecule is Cc1cc2c(cc1S(=O)(=O)N1CCN(C(=O)C3CCCC3)CC1)OCC(=O)N2. The first kappa shape index (κ1) is 19.2. The molecule has 4 rings (SSSR count). The number of amides is 2. The molecule has 0 spiro atoms. The number of nitrogens with one attached hydrogen (secondary N) is 1. The molecule has 2 aliphatic heterocycles. The molecule has 2 heterocycles. The van der Waals surface area contributed by atoms with Crippen molar-refractivity contribution in [2.75, 3.05) is 38.1 Å². The normalized spacial score (nSPS) is 21.2. The summed E-state index contributed by atoms with van der Waals surface area (Å²) in [7, 11) is -3.71. The Hall–Kier alpha value is -2.13. The first-order valence-electron chi connectivity index (χ1n) is 9.72. The van der Waals surface area contributed by atoms with Crippen molar-refractivity contribution >= 4 is 27.5 Å². The monoisotopic (exact) mass is 407 g/mol. The summed E-state index contributed by atoms with van der Waals surface area (Å²) in [5, 5.41) is 2.69. The summed E-state index contributed by atoms with van der Waals surface area (Å²) in [4.78, 5) is 26.0. The first-order chi connectivity index (χ1) is 13.4. The number of benzene rings is 1. The Bertz CT molecular complexity index is 900. The van der Waals surface area contributed by atoms with E-state index in [-0.39, 0.29) is 42.3 Å². The lowest BCUT2D eigenvalue weighted by molar-refractivity contribution is -0.136. The molecule has 3 aliphatic rings. The largest absolute Gasteiger partial charge is 0.482 e. The van der Waals surface area contributed by atoms with Gasteiger partial charge in [0, 0.05) is 38.2 Å². The van der Waals surface area contributed by atoms with Gasteiger partial charge in [-0.1, -0.05) is 12.8 Å². The number of nitrogens with zero attached hydrogens (tertiary/aromatic N) is 2. The molecule has 0 atom stereocenters. The standard InChI is InChI=1S/C19H25N3O5S/c1-13-10-15-16(27-12-18(23)20-15)11-17(13)28(25,26)22-8-6-21(7-9-22)19(24)14-4-2-3-5-14/h10-11,14H,2-9,12H2,1H3,(H,20,23). The predicted octanol–water partition coefficient (Wildman–Crippen LogP) is 1.35. The zero-order chi connectivity index (χ0) is 19.9. The Balaban J connectivity index is 1.49. The fourth-order valence-electron chi connectivity index (χ4n) is 4.21. The summed E-state index contributed by atoms with van der Waals surface area (Å²) < 4.78 is 33.1. The highest BCUT2D eigenvalue weighted by Crippen LogP contribution is 2.34. The second-order valence-electron chi connectivity index (χ2n) is 7.66. The van der Waals surface area contributed by atoms with Crippen molar-refractivity contribution in [2.24, 2.45) is 5.92 Å². The minimum Gasteiger partial charge on any atom is -0.482 e. The third-order valence-corrected chi connectivity index (χ3v) is 7.82. The Morgan fingerprint density at radius 2 is 1.82 bits per heavy atom. The highest BCUT2D eigenvalue weighted by molar-refractivity contribution is 7.89. The van der Waals surface area contributed by atoms with Crippen LogP contribution in [0.2, 0.25) is 0 Å². The van der Waals surface area contributed by atoms with Gasteiger partial charge in [-0.3, -0.25) is 9.59 Å². The van der Waals surface area contributed by atoms with E-state index in [0.29, 0.717) is 30.1 Å². The molecule has 28 heavy (non-hydrogen) atoms. The highest BCUT2D eigenvalue weighted by Gasteiger charge is 2.34. The van der Waals surface area contributed by atoms with Gasteiger partial charge in [-0.15, -0.1) is 0 Å². The van der Waals surface area contributed by atoms with Gasteiger partial charge in [0.2, 0.25) is 15.9 Å². The fourth-order valence-corrected chi connectivity index (χ4v) is 5.86. The van der Waals surface area contributed by atoms with Crippen molar-refractivity contribution in [1.29, 1.82) is 0 Å². The van der Waals surface area contributed by atoms with Crippen LogP contribution in [-0.4, -0.2) is 62.2 Å². The molecule has 1 aromatic carbocycles. The van der Waals surface area contributed by atoms with Gasteiger partial charge in [-0.25, -0.2) is 8.42 Å². The summed E-state index contributed by atoms with van der Waals surface area (Å²) in [5.74, 6) is 0.381. The number of carbonyl (C=O) groups excluding carboxylic acids is 2. The van der Waals surface area contributed by atoms with Crippen LogP contribution in [0, 0.1) is 12.8 Å². The zero-order valence-corrected chi connectivity index (χ0v) is 16.8. The van der Waals surface area contributed by atoms with Gasteiger partial charge in [0.25, 0.3) is 5.91 Å². The number of sulfonamides is 1. The highest BCUT2D eigenvalue weighted by atomic mass is 32.2. The molecule has 1 saturated carbocycles. The van der Waals surface area contributed by atoms with Gasteiger partial charge in [0.1, 0.15) is 5.75 Å². The summed E-state index contributed by atoms with van der Waals surface area (Å²) >= 11 is 0. The number of fused-ring (bicyclic) bond motifs is 1. The van der Waals surface area contributed by atoms with Crippen molar-refractivity contribution in [3.8, 4) is 5.75 Å². The van der Waals surface area contributed by atoms with Crippen molar-refractivity contribution in [1.82, 2.24) is 9.21 Å². The van der Waals surface area contributed by atoms with E-state index < -0.39 is 10.0 Å². The second kappa shape index (κ2) is 7.36. The molecule has 2 fully saturated rings. The molecule has 9 heteroatoms. The molecule has 1 aliphatic carbocycles. The van der Waals surface area contributed by atoms with Crippen molar-refractivity contribution < 1.29 is 22.7 Å². The van der Waals surface area contributed by atoms with Gasteiger partial charge in [-0.05, 0) is 31.4 Å². The molecule has 8 nitrogen and oxygen atoms in total. The van der Waals surface area contributed by atoms with E-state index in [0.717, 1.165) is 25.7 Å². The van der Waals surface area contributed by atoms with Crippen LogP contribution >= 0.6 is 0 Å². The topological polar surface area (TPSA) is 96.0 Å². The molecule has 0 aromatic heterocycles. The van der Waals surface area contributed by atoms with Gasteiger partial charge < -0.3 is 15.0 Å². The van der Waals surface area contributed by atoms with Crippen molar-refractivity contribution in [3.63, 3.8) is 0 Å². The molecule has 1 aromatic rings. The Kier molecular flexibility index (Phi) is 5.05. The minimum atomic E-state index is -3.71. The van der Waals surface area contributed by atoms with Crippen LogP contribution in [0.1, 0.15) is 31.2 Å². The molecule has 1 N–H and O–H groups in total. The van der Waals surface area contributed by atoms with E-state index in [2.05, 4.69) is 5.32 Å². The third-order valence-electron chi connectivity index (χ3n) is 5.78. The van der Waals surface area contributed by atoms with Gasteiger partial charge in [-0.2, -0.15) is 4.31 Å². The molecule has 0 radical (unpaired) electrons. The maximum absolute atomic E-state index is 13.2. The van der Waals surface area contributed by atoms with E-state index in [1.165, 1.54) is 10.4 Å². The van der Waals surface area contributed by atoms with Crippen molar-refractivity contribution in [2.45, 2.75) is 37.5 Å². The summed E-state index contributed by atoms with van der Waals surface area (Å²) in [5.41, 5.74) is 1.04. The van der Waals surface area contributed by atoms with E-state index in [9.17, 15) is 18.0 Å². The van der Waals surface area contributed by atoms with Gasteiger partial charge in [0.15, 0.2) is 6.61 Å². The first-order valence-corrected chi connectivity index (χ1v) is 11.2. The number of anilines is 1. The number of aryl methyl sites for hydroxylation is 1. The number of ether oxygens (including phenoxy) is 1. The molecule has 0 unspecified atom stereocenters. The van der Waals surface area contributed by atoms with Crippen molar-refractivity contribution in [3.05, 3.63) is 17.7 Å². The molecular weight excluding hydrogens is 382 g/mol. The van der Waals surface area contributed by atoms with Gasteiger partial charge >= 0.3 is 0 Å². The molecule has 2 amide bonds.